The van der Waals surface area contributed by atoms with Gasteiger partial charge in [0.25, 0.3) is 0 Å². The Labute approximate surface area is 108 Å². The maximum Gasteiger partial charge on any atom is 0.225 e. The highest BCUT2D eigenvalue weighted by Crippen LogP contribution is 2.10. The largest absolute Gasteiger partial charge is 0.464 e. The quantitative estimate of drug-likeness (QED) is 0.650. The summed E-state index contributed by atoms with van der Waals surface area (Å²) >= 11 is 0. The molecule has 0 aromatic carbocycles. The molecule has 1 rings (SSSR count). The maximum absolute atomic E-state index is 10.4. The van der Waals surface area contributed by atoms with E-state index >= 15 is 0 Å². The number of aldehydes is 1. The summed E-state index contributed by atoms with van der Waals surface area (Å²) in [6, 6.07) is 3.28. The summed E-state index contributed by atoms with van der Waals surface area (Å²) in [6.07, 6.45) is 11.7. The summed E-state index contributed by atoms with van der Waals surface area (Å²) in [6.45, 7) is 3.97. The van der Waals surface area contributed by atoms with Gasteiger partial charge in [0.1, 0.15) is 6.61 Å². The molecule has 0 saturated heterocycles. The van der Waals surface area contributed by atoms with Crippen molar-refractivity contribution in [2.24, 2.45) is 0 Å². The van der Waals surface area contributed by atoms with Crippen LogP contribution in [0, 0.1) is 24.7 Å². The zero-order chi connectivity index (χ0) is 14.2. The predicted molar refractivity (Wildman–Crippen MR) is 71.2 cm³/mol. The lowest BCUT2D eigenvalue weighted by molar-refractivity contribution is 0.111. The highest BCUT2D eigenvalue weighted by atomic mass is 16.5. The summed E-state index contributed by atoms with van der Waals surface area (Å²) in [4.78, 5) is 14.3. The Bertz CT molecular complexity index is 402. The normalized spacial score (nSPS) is 7.17. The standard InChI is InChI=1S/C9H7NO2.C3H4O.C2H6/c1-2-6-12-9-8(7-11)4-3-5-10-9;1-2-3-4;1-2/h1,3-5,7H,6H2;1,4H,3H2;1-2H3. The van der Waals surface area contributed by atoms with Crippen molar-refractivity contribution in [3.8, 4) is 30.6 Å². The number of aromatic nitrogens is 1. The minimum absolute atomic E-state index is 0.123. The van der Waals surface area contributed by atoms with E-state index in [1.807, 2.05) is 19.8 Å². The van der Waals surface area contributed by atoms with Gasteiger partial charge in [0, 0.05) is 6.20 Å². The topological polar surface area (TPSA) is 59.4 Å². The van der Waals surface area contributed by atoms with E-state index in [0.29, 0.717) is 11.8 Å². The number of hydrogen-bond donors (Lipinski definition) is 1. The number of nitrogens with zero attached hydrogens (tertiary/aromatic N) is 1. The van der Waals surface area contributed by atoms with Crippen molar-refractivity contribution < 1.29 is 14.6 Å². The second-order valence-corrected chi connectivity index (χ2v) is 2.37. The molecule has 0 saturated carbocycles. The van der Waals surface area contributed by atoms with Gasteiger partial charge in [-0.05, 0) is 12.1 Å². The summed E-state index contributed by atoms with van der Waals surface area (Å²) in [5.41, 5.74) is 0.410. The van der Waals surface area contributed by atoms with Crippen LogP contribution in [-0.4, -0.2) is 29.6 Å². The van der Waals surface area contributed by atoms with E-state index in [1.165, 1.54) is 0 Å². The fourth-order valence-electron chi connectivity index (χ4n) is 0.724. The Morgan fingerprint density at radius 2 is 2.06 bits per heavy atom. The lowest BCUT2D eigenvalue weighted by Gasteiger charge is -2.01. The second kappa shape index (κ2) is 14.7. The molecule has 1 N–H and O–H groups in total. The van der Waals surface area contributed by atoms with Crippen molar-refractivity contribution in [1.82, 2.24) is 4.98 Å². The summed E-state index contributed by atoms with van der Waals surface area (Å²) in [5, 5.41) is 7.64. The Balaban J connectivity index is 0. The van der Waals surface area contributed by atoms with E-state index < -0.39 is 0 Å². The smallest absolute Gasteiger partial charge is 0.225 e. The van der Waals surface area contributed by atoms with Crippen LogP contribution in [0.2, 0.25) is 0 Å². The Hall–Kier alpha value is -2.30. The first-order valence-electron chi connectivity index (χ1n) is 5.31. The molecule has 0 unspecified atom stereocenters. The van der Waals surface area contributed by atoms with E-state index in [-0.39, 0.29) is 19.1 Å². The van der Waals surface area contributed by atoms with Crippen LogP contribution in [0.15, 0.2) is 18.3 Å². The van der Waals surface area contributed by atoms with Gasteiger partial charge in [0.05, 0.1) is 5.56 Å². The summed E-state index contributed by atoms with van der Waals surface area (Å²) in [7, 11) is 0. The van der Waals surface area contributed by atoms with Crippen LogP contribution in [-0.2, 0) is 0 Å². The third kappa shape index (κ3) is 8.96. The third-order valence-electron chi connectivity index (χ3n) is 1.31. The molecule has 4 nitrogen and oxygen atoms in total. The Morgan fingerprint density at radius 3 is 2.50 bits per heavy atom. The lowest BCUT2D eigenvalue weighted by atomic mass is 10.3. The fraction of sp³-hybridized carbons (Fsp3) is 0.286. The average molecular weight is 247 g/mol. The number of aliphatic hydroxyl groups excluding tert-OH is 1. The number of ether oxygens (including phenoxy) is 1. The number of terminal acetylenes is 2. The van der Waals surface area contributed by atoms with Gasteiger partial charge in [-0.25, -0.2) is 4.98 Å². The molecule has 1 heterocycles. The number of hydrogen-bond acceptors (Lipinski definition) is 4. The van der Waals surface area contributed by atoms with Crippen molar-refractivity contribution in [3.63, 3.8) is 0 Å². The van der Waals surface area contributed by atoms with Gasteiger partial charge < -0.3 is 9.84 Å². The van der Waals surface area contributed by atoms with Gasteiger partial charge in [-0.15, -0.1) is 12.8 Å². The molecule has 0 bridgehead atoms. The van der Waals surface area contributed by atoms with Gasteiger partial charge in [0.15, 0.2) is 12.9 Å². The fourth-order valence-corrected chi connectivity index (χ4v) is 0.724. The van der Waals surface area contributed by atoms with E-state index in [1.54, 1.807) is 18.3 Å². The molecule has 0 aliphatic rings. The molecule has 4 heteroatoms. The molecular formula is C14H17NO3. The van der Waals surface area contributed by atoms with Crippen molar-refractivity contribution in [2.75, 3.05) is 13.2 Å². The van der Waals surface area contributed by atoms with Gasteiger partial charge in [-0.1, -0.05) is 25.7 Å². The molecule has 0 aliphatic carbocycles. The molecule has 1 aromatic rings. The molecule has 0 spiro atoms. The zero-order valence-corrected chi connectivity index (χ0v) is 10.6. The van der Waals surface area contributed by atoms with Crippen LogP contribution in [0.1, 0.15) is 24.2 Å². The Morgan fingerprint density at radius 1 is 1.44 bits per heavy atom. The number of carbonyl (C=O) groups is 1. The molecule has 0 fully saturated rings. The molecule has 0 atom stereocenters. The van der Waals surface area contributed by atoms with E-state index in [4.69, 9.17) is 16.3 Å². The first-order valence-corrected chi connectivity index (χ1v) is 5.31. The minimum atomic E-state index is -0.153. The molecule has 18 heavy (non-hydrogen) atoms. The molecule has 96 valence electrons. The van der Waals surface area contributed by atoms with Crippen LogP contribution < -0.4 is 4.74 Å². The van der Waals surface area contributed by atoms with Crippen molar-refractivity contribution in [2.45, 2.75) is 13.8 Å². The minimum Gasteiger partial charge on any atom is -0.464 e. The molecule has 1 aromatic heterocycles. The van der Waals surface area contributed by atoms with E-state index in [9.17, 15) is 4.79 Å². The van der Waals surface area contributed by atoms with Gasteiger partial charge in [0.2, 0.25) is 5.88 Å². The SMILES string of the molecule is C#CCO.C#CCOc1ncccc1C=O.CC. The maximum atomic E-state index is 10.4. The van der Waals surface area contributed by atoms with Gasteiger partial charge in [-0.2, -0.15) is 0 Å². The van der Waals surface area contributed by atoms with Crippen LogP contribution in [0.3, 0.4) is 0 Å². The Kier molecular flexibility index (Phi) is 14.8. The van der Waals surface area contributed by atoms with Crippen molar-refractivity contribution in [3.05, 3.63) is 23.9 Å². The van der Waals surface area contributed by atoms with Crippen LogP contribution in [0.5, 0.6) is 5.88 Å². The second-order valence-electron chi connectivity index (χ2n) is 2.37. The monoisotopic (exact) mass is 247 g/mol. The lowest BCUT2D eigenvalue weighted by Crippen LogP contribution is -1.99. The average Bonchev–Trinajstić information content (AvgIpc) is 2.47. The molecular weight excluding hydrogens is 230 g/mol. The van der Waals surface area contributed by atoms with Gasteiger partial charge >= 0.3 is 0 Å². The van der Waals surface area contributed by atoms with Crippen LogP contribution in [0.4, 0.5) is 0 Å². The van der Waals surface area contributed by atoms with E-state index in [2.05, 4.69) is 17.3 Å². The van der Waals surface area contributed by atoms with E-state index in [0.717, 1.165) is 0 Å². The highest BCUT2D eigenvalue weighted by molar-refractivity contribution is 5.77. The van der Waals surface area contributed by atoms with Crippen LogP contribution in [0.25, 0.3) is 0 Å². The number of aliphatic hydroxyl groups is 1. The van der Waals surface area contributed by atoms with Crippen molar-refractivity contribution >= 4 is 6.29 Å². The molecule has 0 amide bonds. The number of rotatable bonds is 3. The number of carbonyl (C=O) groups excluding carboxylic acids is 1. The van der Waals surface area contributed by atoms with Crippen molar-refractivity contribution in [1.29, 1.82) is 0 Å². The zero-order valence-electron chi connectivity index (χ0n) is 10.6. The summed E-state index contributed by atoms with van der Waals surface area (Å²) < 4.78 is 5.00. The highest BCUT2D eigenvalue weighted by Gasteiger charge is 2.00. The van der Waals surface area contributed by atoms with Gasteiger partial charge in [-0.3, -0.25) is 4.79 Å². The third-order valence-corrected chi connectivity index (χ3v) is 1.31. The predicted octanol–water partition coefficient (Wildman–Crippen LogP) is 1.54. The number of pyridine rings is 1. The first-order chi connectivity index (χ1) is 8.79. The van der Waals surface area contributed by atoms with Crippen LogP contribution >= 0.6 is 0 Å². The molecule has 0 aliphatic heterocycles. The molecule has 0 radical (unpaired) electrons. The summed E-state index contributed by atoms with van der Waals surface area (Å²) in [5.74, 6) is 4.56. The first kappa shape index (κ1) is 18.1.